The zero-order valence-corrected chi connectivity index (χ0v) is 16.8. The van der Waals surface area contributed by atoms with Gasteiger partial charge in [0.15, 0.2) is 0 Å². The summed E-state index contributed by atoms with van der Waals surface area (Å²) in [6.07, 6.45) is 8.30. The van der Waals surface area contributed by atoms with Crippen molar-refractivity contribution in [2.75, 3.05) is 19.6 Å². The minimum Gasteiger partial charge on any atom is -0.507 e. The van der Waals surface area contributed by atoms with Crippen molar-refractivity contribution in [2.45, 2.75) is 58.8 Å². The third-order valence-corrected chi connectivity index (χ3v) is 4.94. The molecule has 24 heavy (non-hydrogen) atoms. The molecule has 0 unspecified atom stereocenters. The lowest BCUT2D eigenvalue weighted by Crippen LogP contribution is -2.36. The Labute approximate surface area is 157 Å². The molecule has 1 heterocycles. The van der Waals surface area contributed by atoms with Gasteiger partial charge in [0.05, 0.1) is 0 Å². The number of hydrogen-bond acceptors (Lipinski definition) is 3. The van der Waals surface area contributed by atoms with Gasteiger partial charge in [-0.05, 0) is 56.6 Å². The number of halogens is 1. The molecule has 0 saturated carbocycles. The summed E-state index contributed by atoms with van der Waals surface area (Å²) in [5.41, 5.74) is 2.22. The maximum Gasteiger partial charge on any atom is 0.135 e. The van der Waals surface area contributed by atoms with Crippen LogP contribution in [0.15, 0.2) is 18.2 Å². The van der Waals surface area contributed by atoms with Crippen LogP contribution in [0.4, 0.5) is 0 Å². The lowest BCUT2D eigenvalue weighted by atomic mass is 9.91. The minimum absolute atomic E-state index is 0. The van der Waals surface area contributed by atoms with Crippen molar-refractivity contribution in [1.29, 1.82) is 0 Å². The van der Waals surface area contributed by atoms with Crippen LogP contribution in [0.2, 0.25) is 0 Å². The molecule has 0 aromatic carbocycles. The summed E-state index contributed by atoms with van der Waals surface area (Å²) in [7, 11) is 0. The summed E-state index contributed by atoms with van der Waals surface area (Å²) >= 11 is 0. The molecule has 1 fully saturated rings. The number of piperidine rings is 1. The van der Waals surface area contributed by atoms with Gasteiger partial charge < -0.3 is 10.0 Å². The van der Waals surface area contributed by atoms with Crippen LogP contribution in [0, 0.1) is 5.92 Å². The van der Waals surface area contributed by atoms with Gasteiger partial charge in [-0.15, -0.1) is 17.0 Å². The number of likely N-dealkylation sites (tertiary alicyclic amines) is 1. The molecule has 0 bridgehead atoms. The third-order valence-electron chi connectivity index (χ3n) is 4.94. The second kappa shape index (κ2) is 10.9. The highest BCUT2D eigenvalue weighted by Gasteiger charge is 2.23. The SMILES string of the molecule is Br.CCCCCCN1CCC(C(=O)CC)CC1.Oc1ccc2cc1-2. The number of rotatable bonds is 7. The highest BCUT2D eigenvalue weighted by atomic mass is 79.9. The van der Waals surface area contributed by atoms with E-state index in [0.29, 0.717) is 17.5 Å². The fourth-order valence-electron chi connectivity index (χ4n) is 3.27. The monoisotopic (exact) mass is 397 g/mol. The van der Waals surface area contributed by atoms with E-state index in [1.54, 1.807) is 6.07 Å². The number of carbonyl (C=O) groups excluding carboxylic acids is 1. The summed E-state index contributed by atoms with van der Waals surface area (Å²) in [5.74, 6) is 1.28. The number of ketones is 1. The van der Waals surface area contributed by atoms with Gasteiger partial charge >= 0.3 is 0 Å². The first-order valence-corrected chi connectivity index (χ1v) is 9.24. The zero-order valence-electron chi connectivity index (χ0n) is 15.1. The molecule has 4 heteroatoms. The smallest absolute Gasteiger partial charge is 0.135 e. The van der Waals surface area contributed by atoms with E-state index in [4.69, 9.17) is 5.11 Å². The number of unbranched alkanes of at least 4 members (excludes halogenated alkanes) is 3. The van der Waals surface area contributed by atoms with E-state index in [0.717, 1.165) is 37.9 Å². The number of Topliss-reactive ketones (excluding diaryl/α,β-unsaturated/α-hetero) is 1. The van der Waals surface area contributed by atoms with Crippen molar-refractivity contribution < 1.29 is 9.90 Å². The van der Waals surface area contributed by atoms with Crippen molar-refractivity contribution in [3.05, 3.63) is 18.2 Å². The molecule has 1 N–H and O–H groups in total. The van der Waals surface area contributed by atoms with Crippen LogP contribution in [-0.2, 0) is 4.79 Å². The van der Waals surface area contributed by atoms with Gasteiger partial charge in [-0.3, -0.25) is 4.79 Å². The highest BCUT2D eigenvalue weighted by molar-refractivity contribution is 8.93. The zero-order chi connectivity index (χ0) is 16.7. The molecule has 136 valence electrons. The summed E-state index contributed by atoms with van der Waals surface area (Å²) in [6.45, 7) is 7.76. The molecule has 0 atom stereocenters. The molecule has 0 aromatic rings. The predicted molar refractivity (Wildman–Crippen MR) is 106 cm³/mol. The third kappa shape index (κ3) is 6.56. The maximum atomic E-state index is 11.6. The van der Waals surface area contributed by atoms with Crippen LogP contribution in [-0.4, -0.2) is 35.4 Å². The molecule has 0 aromatic heterocycles. The number of fused-ring (bicyclic) bond motifs is 1. The average Bonchev–Trinajstić information content (AvgIpc) is 3.29. The standard InChI is InChI=1S/C14H27NO.C6H4O.BrH/c1-3-5-6-7-10-15-11-8-13(9-12-15)14(16)4-2;7-6-2-1-4-3-5(4)6;/h13H,3-12H2,1-2H3;1-3,7H;1H. The van der Waals surface area contributed by atoms with Crippen LogP contribution in [0.1, 0.15) is 58.8 Å². The van der Waals surface area contributed by atoms with Gasteiger partial charge in [-0.25, -0.2) is 0 Å². The number of aromatic hydroxyl groups is 1. The first-order chi connectivity index (χ1) is 11.2. The van der Waals surface area contributed by atoms with Crippen LogP contribution in [0.25, 0.3) is 11.1 Å². The molecule has 0 amide bonds. The van der Waals surface area contributed by atoms with Crippen LogP contribution in [0.5, 0.6) is 5.75 Å². The number of phenols is 1. The van der Waals surface area contributed by atoms with E-state index >= 15 is 0 Å². The van der Waals surface area contributed by atoms with Crippen molar-refractivity contribution in [2.24, 2.45) is 5.92 Å². The van der Waals surface area contributed by atoms with E-state index < -0.39 is 0 Å². The Balaban J connectivity index is 0.000000296. The van der Waals surface area contributed by atoms with Gasteiger partial charge in [0.1, 0.15) is 11.5 Å². The van der Waals surface area contributed by atoms with E-state index in [1.165, 1.54) is 37.8 Å². The molecule has 3 nitrogen and oxygen atoms in total. The fraction of sp³-hybridized carbons (Fsp3) is 0.650. The Hall–Kier alpha value is -0.870. The Morgan fingerprint density at radius 2 is 1.88 bits per heavy atom. The Morgan fingerprint density at radius 1 is 1.17 bits per heavy atom. The summed E-state index contributed by atoms with van der Waals surface area (Å²) in [4.78, 5) is 14.1. The van der Waals surface area contributed by atoms with E-state index in [1.807, 2.05) is 19.1 Å². The number of phenolic OH excluding ortho intramolecular Hbond substituents is 1. The van der Waals surface area contributed by atoms with Crippen LogP contribution in [0.3, 0.4) is 0 Å². The molecule has 3 aliphatic rings. The lowest BCUT2D eigenvalue weighted by Gasteiger charge is -2.31. The quantitative estimate of drug-likeness (QED) is 0.651. The van der Waals surface area contributed by atoms with Gasteiger partial charge in [-0.1, -0.05) is 39.2 Å². The van der Waals surface area contributed by atoms with Gasteiger partial charge in [0.2, 0.25) is 0 Å². The van der Waals surface area contributed by atoms with E-state index in [-0.39, 0.29) is 17.0 Å². The van der Waals surface area contributed by atoms with Crippen LogP contribution < -0.4 is 0 Å². The van der Waals surface area contributed by atoms with Crippen molar-refractivity contribution >= 4 is 22.8 Å². The fourth-order valence-corrected chi connectivity index (χ4v) is 3.27. The van der Waals surface area contributed by atoms with Gasteiger partial charge in [-0.2, -0.15) is 0 Å². The molecule has 1 aliphatic heterocycles. The largest absolute Gasteiger partial charge is 0.507 e. The number of nitrogens with zero attached hydrogens (tertiary/aromatic N) is 1. The number of hydrogen-bond donors (Lipinski definition) is 1. The van der Waals surface area contributed by atoms with E-state index in [2.05, 4.69) is 11.8 Å². The van der Waals surface area contributed by atoms with Crippen molar-refractivity contribution in [1.82, 2.24) is 4.90 Å². The maximum absolute atomic E-state index is 11.6. The molecule has 2 aliphatic carbocycles. The molecule has 3 rings (SSSR count). The Morgan fingerprint density at radius 3 is 2.29 bits per heavy atom. The summed E-state index contributed by atoms with van der Waals surface area (Å²) in [6, 6.07) is 5.57. The Bertz CT molecular complexity index is 510. The topological polar surface area (TPSA) is 40.5 Å². The molecular formula is C20H32BrNO2. The molecule has 0 radical (unpaired) electrons. The first-order valence-electron chi connectivity index (χ1n) is 9.24. The summed E-state index contributed by atoms with van der Waals surface area (Å²) < 4.78 is 0. The molecule has 0 spiro atoms. The Kier molecular flexibility index (Phi) is 9.60. The average molecular weight is 398 g/mol. The van der Waals surface area contributed by atoms with Crippen molar-refractivity contribution in [3.8, 4) is 16.9 Å². The number of carbonyl (C=O) groups is 1. The predicted octanol–water partition coefficient (Wildman–Crippen LogP) is 5.21. The second-order valence-corrected chi connectivity index (χ2v) is 6.73. The molecule has 1 saturated heterocycles. The minimum atomic E-state index is 0. The normalized spacial score (nSPS) is 15.9. The first kappa shape index (κ1) is 21.2. The lowest BCUT2D eigenvalue weighted by molar-refractivity contribution is -0.123. The molecular weight excluding hydrogens is 366 g/mol. The highest BCUT2D eigenvalue weighted by Crippen LogP contribution is 2.42. The number of benzene rings is 1. The van der Waals surface area contributed by atoms with Crippen LogP contribution >= 0.6 is 17.0 Å². The van der Waals surface area contributed by atoms with E-state index in [9.17, 15) is 4.79 Å². The second-order valence-electron chi connectivity index (χ2n) is 6.73. The summed E-state index contributed by atoms with van der Waals surface area (Å²) in [5, 5.41) is 8.78. The van der Waals surface area contributed by atoms with Crippen molar-refractivity contribution in [3.63, 3.8) is 0 Å². The van der Waals surface area contributed by atoms with Gasteiger partial charge in [0.25, 0.3) is 0 Å². The van der Waals surface area contributed by atoms with Gasteiger partial charge in [0, 0.05) is 17.9 Å².